The van der Waals surface area contributed by atoms with E-state index in [-0.39, 0.29) is 5.91 Å². The predicted molar refractivity (Wildman–Crippen MR) is 94.7 cm³/mol. The monoisotopic (exact) mass is 357 g/mol. The van der Waals surface area contributed by atoms with E-state index in [1.165, 1.54) is 0 Å². The van der Waals surface area contributed by atoms with Crippen LogP contribution in [0.3, 0.4) is 0 Å². The van der Waals surface area contributed by atoms with Gasteiger partial charge in [0.25, 0.3) is 0 Å². The quantitative estimate of drug-likeness (QED) is 0.763. The fourth-order valence-electron chi connectivity index (χ4n) is 3.30. The summed E-state index contributed by atoms with van der Waals surface area (Å²) in [6, 6.07) is 3.86. The molecule has 0 bridgehead atoms. The number of carbonyl (C=O) groups excluding carboxylic acids is 1. The van der Waals surface area contributed by atoms with Crippen LogP contribution >= 0.6 is 11.3 Å². The minimum atomic E-state index is -0.469. The van der Waals surface area contributed by atoms with E-state index >= 15 is 0 Å². The highest BCUT2D eigenvalue weighted by atomic mass is 32.1. The van der Waals surface area contributed by atoms with E-state index in [0.29, 0.717) is 6.54 Å². The zero-order valence-corrected chi connectivity index (χ0v) is 15.2. The molecule has 4 rings (SSSR count). The second-order valence-corrected chi connectivity index (χ2v) is 7.30. The van der Waals surface area contributed by atoms with Crippen LogP contribution in [0, 0.1) is 13.8 Å². The van der Waals surface area contributed by atoms with Crippen molar-refractivity contribution in [3.63, 3.8) is 0 Å². The first-order valence-corrected chi connectivity index (χ1v) is 9.00. The highest BCUT2D eigenvalue weighted by Crippen LogP contribution is 2.35. The Morgan fingerprint density at radius 2 is 2.16 bits per heavy atom. The second kappa shape index (κ2) is 5.76. The maximum atomic E-state index is 11.8. The fraction of sp³-hybridized carbons (Fsp3) is 0.438. The summed E-state index contributed by atoms with van der Waals surface area (Å²) in [7, 11) is 0. The van der Waals surface area contributed by atoms with Crippen LogP contribution < -0.4 is 10.2 Å². The molecule has 3 aromatic heterocycles. The minimum absolute atomic E-state index is 0.0484. The maximum absolute atomic E-state index is 11.8. The molecule has 1 fully saturated rings. The Labute approximate surface area is 148 Å². The van der Waals surface area contributed by atoms with Crippen molar-refractivity contribution < 1.29 is 4.79 Å². The van der Waals surface area contributed by atoms with Gasteiger partial charge in [0.05, 0.1) is 0 Å². The molecule has 0 spiro atoms. The summed E-state index contributed by atoms with van der Waals surface area (Å²) < 4.78 is 1.74. The van der Waals surface area contributed by atoms with Gasteiger partial charge in [0, 0.05) is 31.1 Å². The molecule has 0 radical (unpaired) electrons. The van der Waals surface area contributed by atoms with Crippen molar-refractivity contribution in [2.24, 2.45) is 0 Å². The molecule has 25 heavy (non-hydrogen) atoms. The molecule has 4 heterocycles. The van der Waals surface area contributed by atoms with Gasteiger partial charge in [-0.3, -0.25) is 4.79 Å². The van der Waals surface area contributed by atoms with E-state index < -0.39 is 5.54 Å². The van der Waals surface area contributed by atoms with Gasteiger partial charge in [-0.2, -0.15) is 4.52 Å². The van der Waals surface area contributed by atoms with Crippen LogP contribution in [0.25, 0.3) is 5.65 Å². The Morgan fingerprint density at radius 1 is 1.32 bits per heavy atom. The number of rotatable bonds is 3. The first-order valence-electron chi connectivity index (χ1n) is 8.12. The Morgan fingerprint density at radius 3 is 2.88 bits per heavy atom. The van der Waals surface area contributed by atoms with E-state index in [1.54, 1.807) is 22.8 Å². The number of nitrogens with zero attached hydrogens (tertiary/aromatic N) is 6. The number of aryl methyl sites for hydroxylation is 2. The Kier molecular flexibility index (Phi) is 3.68. The summed E-state index contributed by atoms with van der Waals surface area (Å²) in [4.78, 5) is 18.6. The van der Waals surface area contributed by atoms with Crippen LogP contribution in [0.1, 0.15) is 29.9 Å². The largest absolute Gasteiger partial charge is 0.352 e. The molecule has 1 aliphatic heterocycles. The standard InChI is InChI=1S/C16H19N7OS/c1-10-8-25-15(17-10)16(18-12(3)24)6-7-22(9-16)14-5-4-13-20-19-11(2)23(13)21-14/h4-5,8H,6-7,9H2,1-3H3,(H,18,24). The summed E-state index contributed by atoms with van der Waals surface area (Å²) in [5.41, 5.74) is 1.23. The van der Waals surface area contributed by atoms with E-state index in [4.69, 9.17) is 0 Å². The zero-order valence-electron chi connectivity index (χ0n) is 14.4. The highest BCUT2D eigenvalue weighted by Gasteiger charge is 2.43. The average Bonchev–Trinajstić information content (AvgIpc) is 3.27. The molecule has 0 saturated carbocycles. The second-order valence-electron chi connectivity index (χ2n) is 6.44. The molecule has 1 aliphatic rings. The number of hydrogen-bond acceptors (Lipinski definition) is 7. The third-order valence-corrected chi connectivity index (χ3v) is 5.61. The van der Waals surface area contributed by atoms with Gasteiger partial charge in [-0.05, 0) is 32.4 Å². The lowest BCUT2D eigenvalue weighted by Crippen LogP contribution is -2.47. The maximum Gasteiger partial charge on any atom is 0.217 e. The number of thiazole rings is 1. The third kappa shape index (κ3) is 2.74. The summed E-state index contributed by atoms with van der Waals surface area (Å²) in [5, 5.41) is 18.9. The van der Waals surface area contributed by atoms with Gasteiger partial charge in [-0.15, -0.1) is 26.6 Å². The molecule has 9 heteroatoms. The molecule has 1 unspecified atom stereocenters. The van der Waals surface area contributed by atoms with Crippen LogP contribution in [-0.4, -0.2) is 43.8 Å². The fourth-order valence-corrected chi connectivity index (χ4v) is 4.28. The molecule has 1 amide bonds. The number of anilines is 1. The molecule has 8 nitrogen and oxygen atoms in total. The van der Waals surface area contributed by atoms with Gasteiger partial charge < -0.3 is 10.2 Å². The molecule has 1 atom stereocenters. The Balaban J connectivity index is 1.68. The third-order valence-electron chi connectivity index (χ3n) is 4.44. The van der Waals surface area contributed by atoms with Crippen molar-refractivity contribution >= 4 is 28.7 Å². The van der Waals surface area contributed by atoms with Crippen molar-refractivity contribution in [2.45, 2.75) is 32.7 Å². The zero-order chi connectivity index (χ0) is 17.6. The Bertz CT molecular complexity index is 949. The van der Waals surface area contributed by atoms with Crippen LogP contribution in [0.5, 0.6) is 0 Å². The normalized spacial score (nSPS) is 20.4. The van der Waals surface area contributed by atoms with E-state index in [9.17, 15) is 4.79 Å². The molecular weight excluding hydrogens is 338 g/mol. The first-order chi connectivity index (χ1) is 12.0. The molecule has 130 valence electrons. The van der Waals surface area contributed by atoms with Crippen LogP contribution in [0.2, 0.25) is 0 Å². The van der Waals surface area contributed by atoms with Gasteiger partial charge in [0.2, 0.25) is 5.91 Å². The number of fused-ring (bicyclic) bond motifs is 1. The van der Waals surface area contributed by atoms with Gasteiger partial charge >= 0.3 is 0 Å². The molecule has 3 aromatic rings. The van der Waals surface area contributed by atoms with Crippen molar-refractivity contribution in [1.29, 1.82) is 0 Å². The van der Waals surface area contributed by atoms with Crippen LogP contribution in [0.4, 0.5) is 5.82 Å². The number of hydrogen-bond donors (Lipinski definition) is 1. The molecule has 0 aliphatic carbocycles. The first kappa shape index (κ1) is 15.9. The summed E-state index contributed by atoms with van der Waals surface area (Å²) in [6.07, 6.45) is 0.792. The van der Waals surface area contributed by atoms with Crippen molar-refractivity contribution in [1.82, 2.24) is 30.1 Å². The Hall–Kier alpha value is -2.55. The van der Waals surface area contributed by atoms with E-state index in [1.807, 2.05) is 31.4 Å². The van der Waals surface area contributed by atoms with Crippen molar-refractivity contribution in [3.05, 3.63) is 34.0 Å². The lowest BCUT2D eigenvalue weighted by molar-refractivity contribution is -0.120. The summed E-state index contributed by atoms with van der Waals surface area (Å²) in [6.45, 7) is 6.83. The van der Waals surface area contributed by atoms with Crippen LogP contribution in [-0.2, 0) is 10.3 Å². The molecule has 1 saturated heterocycles. The minimum Gasteiger partial charge on any atom is -0.352 e. The van der Waals surface area contributed by atoms with Crippen LogP contribution in [0.15, 0.2) is 17.5 Å². The van der Waals surface area contributed by atoms with Gasteiger partial charge in [0.1, 0.15) is 16.4 Å². The molecular formula is C16H19N7OS. The highest BCUT2D eigenvalue weighted by molar-refractivity contribution is 7.09. The molecule has 1 N–H and O–H groups in total. The van der Waals surface area contributed by atoms with Gasteiger partial charge in [0.15, 0.2) is 11.5 Å². The lowest BCUT2D eigenvalue weighted by atomic mass is 9.99. The lowest BCUT2D eigenvalue weighted by Gasteiger charge is -2.28. The average molecular weight is 357 g/mol. The number of nitrogens with one attached hydrogen (secondary N) is 1. The molecule has 0 aromatic carbocycles. The topological polar surface area (TPSA) is 88.3 Å². The van der Waals surface area contributed by atoms with Crippen molar-refractivity contribution in [2.75, 3.05) is 18.0 Å². The summed E-state index contributed by atoms with van der Waals surface area (Å²) >= 11 is 1.59. The van der Waals surface area contributed by atoms with E-state index in [2.05, 4.69) is 30.5 Å². The predicted octanol–water partition coefficient (Wildman–Crippen LogP) is 1.44. The summed E-state index contributed by atoms with van der Waals surface area (Å²) in [5.74, 6) is 1.54. The number of amides is 1. The van der Waals surface area contributed by atoms with Crippen molar-refractivity contribution in [3.8, 4) is 0 Å². The van der Waals surface area contributed by atoms with E-state index in [0.717, 1.165) is 41.0 Å². The number of carbonyl (C=O) groups is 1. The smallest absolute Gasteiger partial charge is 0.217 e. The van der Waals surface area contributed by atoms with Gasteiger partial charge in [-0.25, -0.2) is 4.98 Å². The van der Waals surface area contributed by atoms with Gasteiger partial charge in [-0.1, -0.05) is 0 Å². The number of aromatic nitrogens is 5. The SMILES string of the molecule is CC(=O)NC1(c2nc(C)cs2)CCN(c2ccc3nnc(C)n3n2)C1.